The Morgan fingerprint density at radius 2 is 1.76 bits per heavy atom. The van der Waals surface area contributed by atoms with Crippen molar-refractivity contribution in [2.24, 2.45) is 0 Å². The first-order valence-corrected chi connectivity index (χ1v) is 6.02. The van der Waals surface area contributed by atoms with Gasteiger partial charge in [0.05, 0.1) is 15.9 Å². The summed E-state index contributed by atoms with van der Waals surface area (Å²) >= 11 is 0. The summed E-state index contributed by atoms with van der Waals surface area (Å²) in [5, 5.41) is 21.8. The first-order chi connectivity index (χ1) is 9.99. The van der Waals surface area contributed by atoms with E-state index in [4.69, 9.17) is 0 Å². The lowest BCUT2D eigenvalue weighted by molar-refractivity contribution is -0.393. The fourth-order valence-corrected chi connectivity index (χ4v) is 1.94. The largest absolute Gasteiger partial charge is 0.365 e. The van der Waals surface area contributed by atoms with Crippen molar-refractivity contribution < 1.29 is 9.85 Å². The zero-order valence-electron chi connectivity index (χ0n) is 11.2. The van der Waals surface area contributed by atoms with Gasteiger partial charge in [-0.25, -0.2) is 0 Å². The number of pyridine rings is 1. The van der Waals surface area contributed by atoms with Crippen molar-refractivity contribution in [3.63, 3.8) is 0 Å². The number of hydrogen-bond donors (Lipinski definition) is 0. The Morgan fingerprint density at radius 1 is 1.10 bits per heavy atom. The van der Waals surface area contributed by atoms with Crippen molar-refractivity contribution in [2.45, 2.75) is 6.54 Å². The second-order valence-electron chi connectivity index (χ2n) is 4.40. The molecule has 0 radical (unpaired) electrons. The highest BCUT2D eigenvalue weighted by atomic mass is 16.6. The number of aromatic nitrogens is 1. The third kappa shape index (κ3) is 3.30. The van der Waals surface area contributed by atoms with Gasteiger partial charge in [0.2, 0.25) is 0 Å². The Labute approximate surface area is 120 Å². The molecule has 0 bridgehead atoms. The Balaban J connectivity index is 2.34. The van der Waals surface area contributed by atoms with Crippen LogP contribution in [-0.4, -0.2) is 21.9 Å². The number of anilines is 1. The van der Waals surface area contributed by atoms with E-state index in [2.05, 4.69) is 4.98 Å². The van der Waals surface area contributed by atoms with Crippen LogP contribution in [0.2, 0.25) is 0 Å². The molecule has 1 aromatic heterocycles. The van der Waals surface area contributed by atoms with Crippen molar-refractivity contribution >= 4 is 17.1 Å². The molecule has 0 saturated heterocycles. The average Bonchev–Trinajstić information content (AvgIpc) is 2.47. The van der Waals surface area contributed by atoms with Crippen molar-refractivity contribution in [3.8, 4) is 0 Å². The highest BCUT2D eigenvalue weighted by molar-refractivity contribution is 5.66. The number of nitro benzene ring substituents is 2. The monoisotopic (exact) mass is 288 g/mol. The summed E-state index contributed by atoms with van der Waals surface area (Å²) in [4.78, 5) is 26.1. The van der Waals surface area contributed by atoms with Crippen LogP contribution in [0.25, 0.3) is 0 Å². The molecule has 0 spiro atoms. The number of benzene rings is 1. The Bertz CT molecular complexity index is 675. The van der Waals surface area contributed by atoms with Gasteiger partial charge >= 0.3 is 0 Å². The number of hydrogen-bond acceptors (Lipinski definition) is 6. The molecule has 1 aromatic carbocycles. The molecular formula is C13H12N4O4. The molecule has 0 N–H and O–H groups in total. The fraction of sp³-hybridized carbons (Fsp3) is 0.154. The van der Waals surface area contributed by atoms with Crippen molar-refractivity contribution in [1.29, 1.82) is 0 Å². The van der Waals surface area contributed by atoms with E-state index in [0.29, 0.717) is 12.2 Å². The van der Waals surface area contributed by atoms with Crippen molar-refractivity contribution in [3.05, 3.63) is 68.5 Å². The van der Waals surface area contributed by atoms with Crippen LogP contribution in [0.5, 0.6) is 0 Å². The molecule has 0 fully saturated rings. The second-order valence-corrected chi connectivity index (χ2v) is 4.40. The quantitative estimate of drug-likeness (QED) is 0.618. The lowest BCUT2D eigenvalue weighted by Crippen LogP contribution is -2.17. The smallest absolute Gasteiger partial charge is 0.299 e. The number of rotatable bonds is 5. The van der Waals surface area contributed by atoms with E-state index in [1.807, 2.05) is 0 Å². The van der Waals surface area contributed by atoms with E-state index in [1.165, 1.54) is 12.1 Å². The molecule has 2 aromatic rings. The molecule has 0 amide bonds. The predicted molar refractivity (Wildman–Crippen MR) is 76.1 cm³/mol. The Morgan fingerprint density at radius 3 is 2.33 bits per heavy atom. The average molecular weight is 288 g/mol. The molecule has 2 rings (SSSR count). The molecule has 0 atom stereocenters. The molecule has 0 aliphatic carbocycles. The molecule has 8 heteroatoms. The van der Waals surface area contributed by atoms with Gasteiger partial charge in [0.1, 0.15) is 5.69 Å². The standard InChI is InChI=1S/C13H12N4O4/c1-15(9-10-4-6-14-7-5-10)12-3-2-11(16(18)19)8-13(12)17(20)21/h2-8H,9H2,1H3. The third-order valence-corrected chi connectivity index (χ3v) is 2.95. The summed E-state index contributed by atoms with van der Waals surface area (Å²) in [6, 6.07) is 7.21. The molecule has 1 heterocycles. The van der Waals surface area contributed by atoms with E-state index >= 15 is 0 Å². The maximum absolute atomic E-state index is 11.1. The highest BCUT2D eigenvalue weighted by Crippen LogP contribution is 2.31. The number of nitrogens with zero attached hydrogens (tertiary/aromatic N) is 4. The molecule has 0 aliphatic rings. The van der Waals surface area contributed by atoms with Crippen LogP contribution in [0.4, 0.5) is 17.1 Å². The van der Waals surface area contributed by atoms with Crippen LogP contribution in [0, 0.1) is 20.2 Å². The van der Waals surface area contributed by atoms with Gasteiger partial charge in [0.25, 0.3) is 11.4 Å². The van der Waals surface area contributed by atoms with Gasteiger partial charge in [0, 0.05) is 32.1 Å². The van der Waals surface area contributed by atoms with Crippen LogP contribution in [0.15, 0.2) is 42.7 Å². The molecule has 0 unspecified atom stereocenters. The summed E-state index contributed by atoms with van der Waals surface area (Å²) in [6.45, 7) is 0.432. The van der Waals surface area contributed by atoms with Gasteiger partial charge in [0.15, 0.2) is 0 Å². The van der Waals surface area contributed by atoms with Crippen LogP contribution >= 0.6 is 0 Å². The molecular weight excluding hydrogens is 276 g/mol. The van der Waals surface area contributed by atoms with Gasteiger partial charge in [-0.05, 0) is 23.8 Å². The Kier molecular flexibility index (Phi) is 4.07. The summed E-state index contributed by atoms with van der Waals surface area (Å²) in [5.74, 6) is 0. The Hall–Kier alpha value is -3.03. The summed E-state index contributed by atoms with van der Waals surface area (Å²) < 4.78 is 0. The zero-order chi connectivity index (χ0) is 15.4. The maximum atomic E-state index is 11.1. The lowest BCUT2D eigenvalue weighted by Gasteiger charge is -2.19. The molecule has 21 heavy (non-hydrogen) atoms. The van der Waals surface area contributed by atoms with Crippen LogP contribution < -0.4 is 4.90 Å². The first kappa shape index (κ1) is 14.4. The van der Waals surface area contributed by atoms with Crippen LogP contribution in [0.3, 0.4) is 0 Å². The SMILES string of the molecule is CN(Cc1ccncc1)c1ccc([N+](=O)[O-])cc1[N+](=O)[O-]. The summed E-state index contributed by atoms with van der Waals surface area (Å²) in [5.41, 5.74) is 0.658. The molecule has 108 valence electrons. The first-order valence-electron chi connectivity index (χ1n) is 6.02. The molecule has 0 aliphatic heterocycles. The fourth-order valence-electron chi connectivity index (χ4n) is 1.94. The minimum Gasteiger partial charge on any atom is -0.365 e. The predicted octanol–water partition coefficient (Wildman–Crippen LogP) is 2.53. The molecule has 8 nitrogen and oxygen atoms in total. The summed E-state index contributed by atoms with van der Waals surface area (Å²) in [7, 11) is 1.69. The second kappa shape index (κ2) is 5.95. The van der Waals surface area contributed by atoms with E-state index in [1.54, 1.807) is 36.5 Å². The minimum absolute atomic E-state index is 0.291. The highest BCUT2D eigenvalue weighted by Gasteiger charge is 2.21. The van der Waals surface area contributed by atoms with E-state index in [-0.39, 0.29) is 11.4 Å². The van der Waals surface area contributed by atoms with E-state index in [0.717, 1.165) is 11.6 Å². The summed E-state index contributed by atoms with van der Waals surface area (Å²) in [6.07, 6.45) is 3.26. The number of non-ortho nitro benzene ring substituents is 1. The van der Waals surface area contributed by atoms with Gasteiger partial charge in [-0.1, -0.05) is 0 Å². The lowest BCUT2D eigenvalue weighted by atomic mass is 10.2. The van der Waals surface area contributed by atoms with E-state index < -0.39 is 9.85 Å². The van der Waals surface area contributed by atoms with Crippen LogP contribution in [0.1, 0.15) is 5.56 Å². The van der Waals surface area contributed by atoms with E-state index in [9.17, 15) is 20.2 Å². The molecule has 0 saturated carbocycles. The number of nitro groups is 2. The third-order valence-electron chi connectivity index (χ3n) is 2.95. The topological polar surface area (TPSA) is 102 Å². The van der Waals surface area contributed by atoms with Crippen LogP contribution in [-0.2, 0) is 6.54 Å². The van der Waals surface area contributed by atoms with Gasteiger partial charge in [-0.3, -0.25) is 25.2 Å². The van der Waals surface area contributed by atoms with Gasteiger partial charge in [-0.15, -0.1) is 0 Å². The normalized spacial score (nSPS) is 10.1. The maximum Gasteiger partial charge on any atom is 0.299 e. The van der Waals surface area contributed by atoms with Gasteiger partial charge < -0.3 is 4.90 Å². The van der Waals surface area contributed by atoms with Crippen molar-refractivity contribution in [2.75, 3.05) is 11.9 Å². The van der Waals surface area contributed by atoms with Gasteiger partial charge in [-0.2, -0.15) is 0 Å². The zero-order valence-corrected chi connectivity index (χ0v) is 11.2. The minimum atomic E-state index is -0.653. The van der Waals surface area contributed by atoms with Crippen molar-refractivity contribution in [1.82, 2.24) is 4.98 Å².